The lowest BCUT2D eigenvalue weighted by Crippen LogP contribution is -2.25. The molecule has 0 aliphatic carbocycles. The molecule has 0 radical (unpaired) electrons. The van der Waals surface area contributed by atoms with Gasteiger partial charge >= 0.3 is 0 Å². The van der Waals surface area contributed by atoms with Crippen LogP contribution in [0.1, 0.15) is 18.9 Å². The molecule has 1 heterocycles. The Morgan fingerprint density at radius 2 is 2.26 bits per heavy atom. The highest BCUT2D eigenvalue weighted by Gasteiger charge is 2.31. The number of hydrogen-bond acceptors (Lipinski definition) is 3. The van der Waals surface area contributed by atoms with E-state index in [0.717, 1.165) is 12.0 Å². The highest BCUT2D eigenvalue weighted by atomic mass is 35.5. The van der Waals surface area contributed by atoms with Gasteiger partial charge in [-0.25, -0.2) is 0 Å². The average Bonchev–Trinajstić information content (AvgIpc) is 2.79. The fourth-order valence-corrected chi connectivity index (χ4v) is 2.54. The maximum Gasteiger partial charge on any atom is 0.271 e. The van der Waals surface area contributed by atoms with E-state index in [1.165, 1.54) is 12.1 Å². The van der Waals surface area contributed by atoms with E-state index in [9.17, 15) is 14.9 Å². The molecular formula is C13H15ClN2O3. The van der Waals surface area contributed by atoms with Gasteiger partial charge in [-0.05, 0) is 17.9 Å². The molecule has 1 aromatic rings. The average molecular weight is 283 g/mol. The number of anilines is 1. The first-order chi connectivity index (χ1) is 9.06. The van der Waals surface area contributed by atoms with Crippen LogP contribution in [0.2, 0.25) is 0 Å². The van der Waals surface area contributed by atoms with E-state index in [4.69, 9.17) is 11.6 Å². The number of amides is 1. The van der Waals surface area contributed by atoms with Crippen LogP contribution in [-0.2, 0) is 11.2 Å². The van der Waals surface area contributed by atoms with Crippen molar-refractivity contribution in [2.75, 3.05) is 17.3 Å². The number of hydrogen-bond donors (Lipinski definition) is 0. The Morgan fingerprint density at radius 3 is 2.79 bits per heavy atom. The molecule has 5 nitrogen and oxygen atoms in total. The minimum Gasteiger partial charge on any atom is -0.312 e. The minimum atomic E-state index is -0.442. The number of halogens is 1. The lowest BCUT2D eigenvalue weighted by Gasteiger charge is -2.19. The first-order valence-electron chi connectivity index (χ1n) is 6.20. The third-order valence-corrected chi connectivity index (χ3v) is 3.81. The number of carbonyl (C=O) groups excluding carboxylic acids is 1. The number of nitro benzene ring substituents is 1. The van der Waals surface area contributed by atoms with Gasteiger partial charge in [0.1, 0.15) is 0 Å². The Morgan fingerprint density at radius 1 is 1.53 bits per heavy atom. The van der Waals surface area contributed by atoms with Crippen molar-refractivity contribution in [3.63, 3.8) is 0 Å². The van der Waals surface area contributed by atoms with Gasteiger partial charge in [0.25, 0.3) is 5.69 Å². The summed E-state index contributed by atoms with van der Waals surface area (Å²) >= 11 is 5.79. The second kappa shape index (κ2) is 5.57. The molecule has 0 aromatic heterocycles. The van der Waals surface area contributed by atoms with Crippen LogP contribution < -0.4 is 4.90 Å². The molecule has 0 N–H and O–H groups in total. The van der Waals surface area contributed by atoms with E-state index in [0.29, 0.717) is 24.5 Å². The summed E-state index contributed by atoms with van der Waals surface area (Å²) < 4.78 is 0. The van der Waals surface area contributed by atoms with E-state index in [2.05, 4.69) is 0 Å². The van der Waals surface area contributed by atoms with Crippen LogP contribution in [0.5, 0.6) is 0 Å². The summed E-state index contributed by atoms with van der Waals surface area (Å²) in [5.41, 5.74) is 1.60. The molecule has 6 heteroatoms. The van der Waals surface area contributed by atoms with Crippen molar-refractivity contribution in [2.24, 2.45) is 5.92 Å². The Bertz CT molecular complexity index is 519. The summed E-state index contributed by atoms with van der Waals surface area (Å²) in [6.45, 7) is 2.50. The third-order valence-electron chi connectivity index (χ3n) is 3.37. The summed E-state index contributed by atoms with van der Waals surface area (Å²) in [5, 5.41) is 10.9. The summed E-state index contributed by atoms with van der Waals surface area (Å²) in [5.74, 6) is 0.539. The largest absolute Gasteiger partial charge is 0.312 e. The number of rotatable bonds is 4. The lowest BCUT2D eigenvalue weighted by atomic mass is 10.1. The fraction of sp³-hybridized carbons (Fsp3) is 0.462. The first kappa shape index (κ1) is 13.8. The standard InChI is InChI=1S/C13H15ClN2O3/c1-2-10-3-4-11(16(18)19)6-12(10)15-8-9(7-14)5-13(15)17/h3-4,6,9H,2,5,7-8H2,1H3. The van der Waals surface area contributed by atoms with Gasteiger partial charge in [0, 0.05) is 31.0 Å². The highest BCUT2D eigenvalue weighted by Crippen LogP contribution is 2.31. The van der Waals surface area contributed by atoms with Crippen LogP contribution in [0.3, 0.4) is 0 Å². The van der Waals surface area contributed by atoms with E-state index in [1.807, 2.05) is 6.92 Å². The molecule has 0 spiro atoms. The third kappa shape index (κ3) is 2.71. The van der Waals surface area contributed by atoms with E-state index >= 15 is 0 Å². The Hall–Kier alpha value is -1.62. The van der Waals surface area contributed by atoms with Crippen LogP contribution in [0, 0.1) is 16.0 Å². The molecule has 102 valence electrons. The number of nitrogens with zero attached hydrogens (tertiary/aromatic N) is 2. The van der Waals surface area contributed by atoms with E-state index < -0.39 is 4.92 Å². The van der Waals surface area contributed by atoms with Gasteiger partial charge < -0.3 is 4.90 Å². The molecule has 0 saturated carbocycles. The number of carbonyl (C=O) groups is 1. The molecule has 1 aromatic carbocycles. The quantitative estimate of drug-likeness (QED) is 0.484. The van der Waals surface area contributed by atoms with Crippen LogP contribution in [0.15, 0.2) is 18.2 Å². The molecule has 1 aliphatic heterocycles. The fourth-order valence-electron chi connectivity index (χ4n) is 2.33. The molecule has 1 aliphatic rings. The summed E-state index contributed by atoms with van der Waals surface area (Å²) in [7, 11) is 0. The van der Waals surface area contributed by atoms with Crippen molar-refractivity contribution in [1.29, 1.82) is 0 Å². The normalized spacial score (nSPS) is 18.9. The predicted octanol–water partition coefficient (Wildman–Crippen LogP) is 2.75. The topological polar surface area (TPSA) is 63.5 Å². The zero-order chi connectivity index (χ0) is 14.0. The van der Waals surface area contributed by atoms with Gasteiger partial charge in [0.2, 0.25) is 5.91 Å². The Kier molecular flexibility index (Phi) is 4.04. The molecule has 1 saturated heterocycles. The molecule has 1 amide bonds. The zero-order valence-corrected chi connectivity index (χ0v) is 11.4. The van der Waals surface area contributed by atoms with Crippen molar-refractivity contribution in [3.8, 4) is 0 Å². The second-order valence-corrected chi connectivity index (χ2v) is 4.96. The monoisotopic (exact) mass is 282 g/mol. The van der Waals surface area contributed by atoms with Gasteiger partial charge in [0.05, 0.1) is 10.6 Å². The smallest absolute Gasteiger partial charge is 0.271 e. The molecule has 0 bridgehead atoms. The van der Waals surface area contributed by atoms with Crippen molar-refractivity contribution in [3.05, 3.63) is 33.9 Å². The van der Waals surface area contributed by atoms with E-state index in [-0.39, 0.29) is 17.5 Å². The number of alkyl halides is 1. The van der Waals surface area contributed by atoms with Gasteiger partial charge in [-0.15, -0.1) is 11.6 Å². The maximum absolute atomic E-state index is 12.0. The van der Waals surface area contributed by atoms with Crippen LogP contribution in [0.4, 0.5) is 11.4 Å². The van der Waals surface area contributed by atoms with Crippen molar-refractivity contribution >= 4 is 28.9 Å². The molecule has 2 rings (SSSR count). The Balaban J connectivity index is 2.39. The van der Waals surface area contributed by atoms with Gasteiger partial charge in [-0.1, -0.05) is 13.0 Å². The number of aryl methyl sites for hydroxylation is 1. The van der Waals surface area contributed by atoms with Crippen LogP contribution >= 0.6 is 11.6 Å². The number of benzene rings is 1. The van der Waals surface area contributed by atoms with Crippen molar-refractivity contribution in [1.82, 2.24) is 0 Å². The SMILES string of the molecule is CCc1ccc([N+](=O)[O-])cc1N1CC(CCl)CC1=O. The summed E-state index contributed by atoms with van der Waals surface area (Å²) in [4.78, 5) is 24.0. The minimum absolute atomic E-state index is 0.00863. The molecule has 19 heavy (non-hydrogen) atoms. The van der Waals surface area contributed by atoms with Crippen LogP contribution in [-0.4, -0.2) is 23.3 Å². The molecule has 1 fully saturated rings. The number of non-ortho nitro benzene ring substituents is 1. The zero-order valence-electron chi connectivity index (χ0n) is 10.6. The van der Waals surface area contributed by atoms with Gasteiger partial charge in [0.15, 0.2) is 0 Å². The molecular weight excluding hydrogens is 268 g/mol. The Labute approximate surface area is 116 Å². The molecule has 1 atom stereocenters. The highest BCUT2D eigenvalue weighted by molar-refractivity contribution is 6.18. The second-order valence-electron chi connectivity index (χ2n) is 4.65. The maximum atomic E-state index is 12.0. The number of nitro groups is 1. The first-order valence-corrected chi connectivity index (χ1v) is 6.74. The van der Waals surface area contributed by atoms with Gasteiger partial charge in [-0.3, -0.25) is 14.9 Å². The van der Waals surface area contributed by atoms with Crippen molar-refractivity contribution in [2.45, 2.75) is 19.8 Å². The van der Waals surface area contributed by atoms with Gasteiger partial charge in [-0.2, -0.15) is 0 Å². The summed E-state index contributed by atoms with van der Waals surface area (Å²) in [6, 6.07) is 4.67. The van der Waals surface area contributed by atoms with E-state index in [1.54, 1.807) is 11.0 Å². The lowest BCUT2D eigenvalue weighted by molar-refractivity contribution is -0.384. The van der Waals surface area contributed by atoms with Crippen molar-refractivity contribution < 1.29 is 9.72 Å². The molecule has 1 unspecified atom stereocenters. The summed E-state index contributed by atoms with van der Waals surface area (Å²) in [6.07, 6.45) is 1.14. The predicted molar refractivity (Wildman–Crippen MR) is 73.7 cm³/mol. The van der Waals surface area contributed by atoms with Crippen LogP contribution in [0.25, 0.3) is 0 Å².